The van der Waals surface area contributed by atoms with Gasteiger partial charge in [0, 0.05) is 0 Å². The van der Waals surface area contributed by atoms with E-state index in [-0.39, 0.29) is 0 Å². The lowest BCUT2D eigenvalue weighted by atomic mass is 9.96. The minimum absolute atomic E-state index is 0.833. The fourth-order valence-corrected chi connectivity index (χ4v) is 0.471. The van der Waals surface area contributed by atoms with Crippen LogP contribution in [0.5, 0.6) is 0 Å². The second-order valence-electron chi connectivity index (χ2n) is 4.77. The summed E-state index contributed by atoms with van der Waals surface area (Å²) in [4.78, 5) is 0. The highest BCUT2D eigenvalue weighted by Crippen LogP contribution is 2.11. The van der Waals surface area contributed by atoms with Crippen LogP contribution in [-0.4, -0.2) is 0 Å². The first-order valence-corrected chi connectivity index (χ1v) is 11.9. The molecule has 0 nitrogen and oxygen atoms in total. The van der Waals surface area contributed by atoms with Crippen molar-refractivity contribution in [3.05, 3.63) is 12.7 Å². The number of hydrogen-bond acceptors (Lipinski definition) is 0. The van der Waals surface area contributed by atoms with Gasteiger partial charge in [-0.1, -0.05) is 144 Å². The predicted octanol–water partition coefficient (Wildman–Crippen LogP) is 11.7. The Morgan fingerprint density at radius 3 is 0.692 bits per heavy atom. The van der Waals surface area contributed by atoms with E-state index in [0.717, 1.165) is 17.8 Å². The predicted molar refractivity (Wildman–Crippen MR) is 139 cm³/mol. The van der Waals surface area contributed by atoms with Crippen molar-refractivity contribution >= 4 is 0 Å². The zero-order valence-corrected chi connectivity index (χ0v) is 23.7. The third-order valence-corrected chi connectivity index (χ3v) is 1.78. The number of allylic oxidation sites excluding steroid dienone is 1. The summed E-state index contributed by atoms with van der Waals surface area (Å²) in [7, 11) is 0. The van der Waals surface area contributed by atoms with Crippen molar-refractivity contribution in [1.82, 2.24) is 0 Å². The van der Waals surface area contributed by atoms with Crippen LogP contribution in [0.2, 0.25) is 0 Å². The molecule has 0 N–H and O–H groups in total. The van der Waals surface area contributed by atoms with Crippen LogP contribution in [0.15, 0.2) is 12.7 Å². The van der Waals surface area contributed by atoms with Gasteiger partial charge in [-0.05, 0) is 24.7 Å². The molecule has 0 radical (unpaired) electrons. The maximum absolute atomic E-state index is 3.36. The Hall–Kier alpha value is -0.260. The van der Waals surface area contributed by atoms with E-state index in [1.54, 1.807) is 6.08 Å². The van der Waals surface area contributed by atoms with Crippen LogP contribution < -0.4 is 0 Å². The number of hydrogen-bond donors (Lipinski definition) is 0. The molecule has 0 spiro atoms. The van der Waals surface area contributed by atoms with Gasteiger partial charge in [0.25, 0.3) is 0 Å². The van der Waals surface area contributed by atoms with Gasteiger partial charge in [-0.3, -0.25) is 0 Å². The standard InChI is InChI=1S/C7H16.C4H10.C3H6.6C2H6/c1-5-7(4)6(2)3;1-4(2)3;1-3-2;6*1-2/h6-7H,5H2,1-4H3;4H,1-3H3;3H,1H2,2H3;6*1-2H3. The Bertz CT molecular complexity index is 87.5. The normalized spacial score (nSPS) is 7.31. The molecular weight excluding hydrogens is 312 g/mol. The molecule has 0 bridgehead atoms. The van der Waals surface area contributed by atoms with Crippen LogP contribution in [0.25, 0.3) is 0 Å². The molecule has 0 aliphatic heterocycles. The minimum Gasteiger partial charge on any atom is -0.103 e. The zero-order valence-electron chi connectivity index (χ0n) is 23.7. The topological polar surface area (TPSA) is 0 Å². The molecule has 0 aromatic rings. The fraction of sp³-hybridized carbons (Fsp3) is 0.923. The third kappa shape index (κ3) is 373. The smallest absolute Gasteiger partial charge is 0.0422 e. The van der Waals surface area contributed by atoms with Crippen LogP contribution in [-0.2, 0) is 0 Å². The average Bonchev–Trinajstić information content (AvgIpc) is 2.70. The van der Waals surface area contributed by atoms with Crippen LogP contribution in [0.3, 0.4) is 0 Å². The van der Waals surface area contributed by atoms with Crippen molar-refractivity contribution in [3.8, 4) is 0 Å². The third-order valence-electron chi connectivity index (χ3n) is 1.78. The molecule has 0 amide bonds. The Kier molecular flexibility index (Phi) is 261. The molecule has 0 aromatic heterocycles. The van der Waals surface area contributed by atoms with Crippen molar-refractivity contribution < 1.29 is 0 Å². The highest BCUT2D eigenvalue weighted by Gasteiger charge is 2.01. The molecule has 0 rings (SSSR count). The van der Waals surface area contributed by atoms with Gasteiger partial charge >= 0.3 is 0 Å². The largest absolute Gasteiger partial charge is 0.103 e. The van der Waals surface area contributed by atoms with Crippen LogP contribution in [0.4, 0.5) is 0 Å². The maximum atomic E-state index is 3.36. The molecule has 0 aliphatic rings. The molecule has 0 saturated carbocycles. The first-order valence-electron chi connectivity index (χ1n) is 11.9. The highest BCUT2D eigenvalue weighted by molar-refractivity contribution is 4.52. The van der Waals surface area contributed by atoms with Gasteiger partial charge < -0.3 is 0 Å². The first-order chi connectivity index (χ1) is 12.3. The van der Waals surface area contributed by atoms with Gasteiger partial charge in [0.2, 0.25) is 0 Å². The zero-order chi connectivity index (χ0) is 24.1. The van der Waals surface area contributed by atoms with Gasteiger partial charge in [-0.2, -0.15) is 0 Å². The Morgan fingerprint density at radius 2 is 0.692 bits per heavy atom. The van der Waals surface area contributed by atoms with E-state index >= 15 is 0 Å². The second-order valence-corrected chi connectivity index (χ2v) is 4.77. The molecule has 0 aromatic carbocycles. The van der Waals surface area contributed by atoms with E-state index in [2.05, 4.69) is 55.0 Å². The van der Waals surface area contributed by atoms with E-state index in [9.17, 15) is 0 Å². The van der Waals surface area contributed by atoms with Crippen LogP contribution in [0.1, 0.15) is 145 Å². The van der Waals surface area contributed by atoms with Crippen LogP contribution >= 0.6 is 0 Å². The van der Waals surface area contributed by atoms with Gasteiger partial charge in [0.15, 0.2) is 0 Å². The summed E-state index contributed by atoms with van der Waals surface area (Å²) in [5.41, 5.74) is 0. The molecule has 172 valence electrons. The SMILES string of the molecule is C=CC.CC.CC.CC.CC.CC.CC.CC(C)C.CCC(C)C(C)C. The molecule has 0 heterocycles. The van der Waals surface area contributed by atoms with Gasteiger partial charge in [0.05, 0.1) is 0 Å². The van der Waals surface area contributed by atoms with E-state index in [1.807, 2.05) is 90.0 Å². The molecule has 0 heteroatoms. The molecule has 26 heavy (non-hydrogen) atoms. The lowest BCUT2D eigenvalue weighted by Crippen LogP contribution is -2.00. The summed E-state index contributed by atoms with van der Waals surface area (Å²) < 4.78 is 0. The first kappa shape index (κ1) is 56.2. The second kappa shape index (κ2) is 121. The Morgan fingerprint density at radius 1 is 0.577 bits per heavy atom. The summed E-state index contributed by atoms with van der Waals surface area (Å²) in [6.07, 6.45) is 3.07. The summed E-state index contributed by atoms with van der Waals surface area (Å²) >= 11 is 0. The summed E-state index contributed by atoms with van der Waals surface area (Å²) in [6, 6.07) is 0. The highest BCUT2D eigenvalue weighted by atomic mass is 14.1. The van der Waals surface area contributed by atoms with E-state index in [4.69, 9.17) is 0 Å². The van der Waals surface area contributed by atoms with E-state index < -0.39 is 0 Å². The van der Waals surface area contributed by atoms with Crippen LogP contribution in [0, 0.1) is 17.8 Å². The minimum atomic E-state index is 0.833. The van der Waals surface area contributed by atoms with Gasteiger partial charge in [0.1, 0.15) is 0 Å². The average molecular weight is 381 g/mol. The molecule has 0 fully saturated rings. The van der Waals surface area contributed by atoms with Crippen molar-refractivity contribution in [1.29, 1.82) is 0 Å². The molecule has 1 unspecified atom stereocenters. The summed E-state index contributed by atoms with van der Waals surface area (Å²) in [6.45, 7) is 44.8. The summed E-state index contributed by atoms with van der Waals surface area (Å²) in [5.74, 6) is 2.60. The lowest BCUT2D eigenvalue weighted by molar-refractivity contribution is 0.407. The maximum Gasteiger partial charge on any atom is -0.0422 e. The quantitative estimate of drug-likeness (QED) is 0.418. The van der Waals surface area contributed by atoms with E-state index in [1.165, 1.54) is 6.42 Å². The monoisotopic (exact) mass is 381 g/mol. The van der Waals surface area contributed by atoms with Crippen molar-refractivity contribution in [2.24, 2.45) is 17.8 Å². The summed E-state index contributed by atoms with van der Waals surface area (Å²) in [5, 5.41) is 0. The molecular formula is C26H68. The van der Waals surface area contributed by atoms with Crippen molar-refractivity contribution in [2.45, 2.75) is 145 Å². The Balaban J connectivity index is -0.0000000192. The fourth-order valence-electron chi connectivity index (χ4n) is 0.471. The van der Waals surface area contributed by atoms with Gasteiger partial charge in [-0.15, -0.1) is 6.58 Å². The lowest BCUT2D eigenvalue weighted by Gasteiger charge is -2.10. The van der Waals surface area contributed by atoms with Crippen molar-refractivity contribution in [3.63, 3.8) is 0 Å². The van der Waals surface area contributed by atoms with Crippen molar-refractivity contribution in [2.75, 3.05) is 0 Å². The van der Waals surface area contributed by atoms with Gasteiger partial charge in [-0.25, -0.2) is 0 Å². The Labute approximate surface area is 175 Å². The molecule has 0 aliphatic carbocycles. The number of rotatable bonds is 2. The van der Waals surface area contributed by atoms with E-state index in [0.29, 0.717) is 0 Å². The molecule has 1 atom stereocenters. The molecule has 0 saturated heterocycles.